The average molecular weight is 377 g/mol. The zero-order valence-corrected chi connectivity index (χ0v) is 16.3. The molecule has 7 heteroatoms. The number of amides is 2. The van der Waals surface area contributed by atoms with Crippen LogP contribution in [0.1, 0.15) is 45.7 Å². The van der Waals surface area contributed by atoms with E-state index in [0.29, 0.717) is 17.7 Å². The molecule has 0 spiro atoms. The molecule has 0 bridgehead atoms. The number of hydrogen-bond donors (Lipinski definition) is 3. The van der Waals surface area contributed by atoms with Crippen LogP contribution in [0.5, 0.6) is 0 Å². The number of urea groups is 1. The standard InChI is InChI=1S/C20H28FN3O3/c1-5-15-17(19(25)27-6-2)16(24-20(26)23-15)11-22-18(12(3)4)13-7-9-14(21)10-8-13/h7-10,12,15,18,22H,5-6,11H2,1-4H3,(H2,23,24,26)/t15-,18+/m1/s1. The molecule has 0 fully saturated rings. The highest BCUT2D eigenvalue weighted by atomic mass is 19.1. The summed E-state index contributed by atoms with van der Waals surface area (Å²) in [7, 11) is 0. The van der Waals surface area contributed by atoms with Crippen LogP contribution in [-0.4, -0.2) is 31.2 Å². The van der Waals surface area contributed by atoms with E-state index >= 15 is 0 Å². The van der Waals surface area contributed by atoms with E-state index in [1.54, 1.807) is 19.1 Å². The number of esters is 1. The second kappa shape index (κ2) is 9.50. The van der Waals surface area contributed by atoms with Gasteiger partial charge in [0, 0.05) is 18.3 Å². The summed E-state index contributed by atoms with van der Waals surface area (Å²) in [5.74, 6) is -0.497. The molecular weight excluding hydrogens is 349 g/mol. The Bertz CT molecular complexity index is 701. The van der Waals surface area contributed by atoms with Crippen molar-refractivity contribution in [2.24, 2.45) is 5.92 Å². The molecule has 0 saturated carbocycles. The molecule has 2 atom stereocenters. The van der Waals surface area contributed by atoms with Gasteiger partial charge in [0.15, 0.2) is 0 Å². The molecule has 1 aromatic carbocycles. The number of carbonyl (C=O) groups is 2. The Balaban J connectivity index is 2.27. The first-order valence-electron chi connectivity index (χ1n) is 9.33. The van der Waals surface area contributed by atoms with Crippen LogP contribution in [-0.2, 0) is 9.53 Å². The van der Waals surface area contributed by atoms with Crippen LogP contribution in [0.4, 0.5) is 9.18 Å². The molecule has 6 nitrogen and oxygen atoms in total. The van der Waals surface area contributed by atoms with Crippen molar-refractivity contribution in [3.8, 4) is 0 Å². The molecule has 2 rings (SSSR count). The number of benzene rings is 1. The third-order valence-electron chi connectivity index (χ3n) is 4.54. The Labute approximate surface area is 159 Å². The minimum Gasteiger partial charge on any atom is -0.463 e. The molecule has 1 aromatic rings. The van der Waals surface area contributed by atoms with E-state index in [9.17, 15) is 14.0 Å². The predicted octanol–water partition coefficient (Wildman–Crippen LogP) is 3.02. The van der Waals surface area contributed by atoms with Gasteiger partial charge < -0.3 is 20.7 Å². The predicted molar refractivity (Wildman–Crippen MR) is 101 cm³/mol. The maximum atomic E-state index is 13.2. The normalized spacial score (nSPS) is 18.1. The van der Waals surface area contributed by atoms with E-state index in [1.165, 1.54) is 12.1 Å². The van der Waals surface area contributed by atoms with Gasteiger partial charge in [-0.05, 0) is 37.0 Å². The number of ether oxygens (including phenoxy) is 1. The minimum atomic E-state index is -0.434. The van der Waals surface area contributed by atoms with E-state index < -0.39 is 12.0 Å². The van der Waals surface area contributed by atoms with Crippen molar-refractivity contribution in [3.05, 3.63) is 46.9 Å². The molecule has 1 aliphatic heterocycles. The molecule has 0 saturated heterocycles. The van der Waals surface area contributed by atoms with Crippen molar-refractivity contribution in [1.29, 1.82) is 0 Å². The average Bonchev–Trinajstić information content (AvgIpc) is 2.62. The van der Waals surface area contributed by atoms with E-state index in [1.807, 2.05) is 6.92 Å². The first-order chi connectivity index (χ1) is 12.9. The Hall–Kier alpha value is -2.41. The van der Waals surface area contributed by atoms with Gasteiger partial charge in [-0.2, -0.15) is 0 Å². The minimum absolute atomic E-state index is 0.0617. The van der Waals surface area contributed by atoms with Gasteiger partial charge in [-0.15, -0.1) is 0 Å². The van der Waals surface area contributed by atoms with Crippen LogP contribution >= 0.6 is 0 Å². The van der Waals surface area contributed by atoms with Gasteiger partial charge in [-0.25, -0.2) is 14.0 Å². The molecule has 0 unspecified atom stereocenters. The lowest BCUT2D eigenvalue weighted by Gasteiger charge is -2.30. The van der Waals surface area contributed by atoms with Gasteiger partial charge in [0.05, 0.1) is 18.2 Å². The number of hydrogen-bond acceptors (Lipinski definition) is 4. The van der Waals surface area contributed by atoms with E-state index in [4.69, 9.17) is 4.74 Å². The summed E-state index contributed by atoms with van der Waals surface area (Å²) in [6.07, 6.45) is 0.580. The van der Waals surface area contributed by atoms with E-state index in [0.717, 1.165) is 5.56 Å². The summed E-state index contributed by atoms with van der Waals surface area (Å²) in [4.78, 5) is 24.4. The quantitative estimate of drug-likeness (QED) is 0.609. The molecule has 0 aliphatic carbocycles. The highest BCUT2D eigenvalue weighted by molar-refractivity contribution is 5.94. The van der Waals surface area contributed by atoms with E-state index in [-0.39, 0.29) is 37.0 Å². The van der Waals surface area contributed by atoms with Crippen LogP contribution < -0.4 is 16.0 Å². The number of nitrogens with one attached hydrogen (secondary N) is 3. The SMILES string of the molecule is CCOC(=O)C1=C(CN[C@H](c2ccc(F)cc2)C(C)C)NC(=O)N[C@@H]1CC. The lowest BCUT2D eigenvalue weighted by atomic mass is 9.95. The zero-order valence-electron chi connectivity index (χ0n) is 16.3. The lowest BCUT2D eigenvalue weighted by Crippen LogP contribution is -2.52. The maximum absolute atomic E-state index is 13.2. The largest absolute Gasteiger partial charge is 0.463 e. The van der Waals surface area contributed by atoms with E-state index in [2.05, 4.69) is 29.8 Å². The van der Waals surface area contributed by atoms with Gasteiger partial charge in [-0.3, -0.25) is 0 Å². The van der Waals surface area contributed by atoms with Crippen molar-refractivity contribution in [3.63, 3.8) is 0 Å². The fourth-order valence-electron chi connectivity index (χ4n) is 3.22. The molecule has 0 radical (unpaired) electrons. The highest BCUT2D eigenvalue weighted by Gasteiger charge is 2.31. The molecule has 148 valence electrons. The van der Waals surface area contributed by atoms with Crippen LogP contribution in [0.25, 0.3) is 0 Å². The van der Waals surface area contributed by atoms with Crippen molar-refractivity contribution < 1.29 is 18.7 Å². The van der Waals surface area contributed by atoms with Crippen LogP contribution in [0.2, 0.25) is 0 Å². The van der Waals surface area contributed by atoms with Gasteiger partial charge in [0.2, 0.25) is 0 Å². The van der Waals surface area contributed by atoms with Crippen molar-refractivity contribution in [2.75, 3.05) is 13.2 Å². The fraction of sp³-hybridized carbons (Fsp3) is 0.500. The second-order valence-corrected chi connectivity index (χ2v) is 6.83. The summed E-state index contributed by atoms with van der Waals surface area (Å²) >= 11 is 0. The summed E-state index contributed by atoms with van der Waals surface area (Å²) < 4.78 is 18.4. The number of rotatable bonds is 8. The first kappa shape index (κ1) is 20.9. The Kier molecular flexibility index (Phi) is 7.36. The van der Waals surface area contributed by atoms with Gasteiger partial charge in [-0.1, -0.05) is 32.9 Å². The van der Waals surface area contributed by atoms with Crippen LogP contribution in [0.15, 0.2) is 35.5 Å². The highest BCUT2D eigenvalue weighted by Crippen LogP contribution is 2.23. The van der Waals surface area contributed by atoms with Crippen molar-refractivity contribution >= 4 is 12.0 Å². The summed E-state index contributed by atoms with van der Waals surface area (Å²) in [5.41, 5.74) is 1.89. The second-order valence-electron chi connectivity index (χ2n) is 6.83. The molecule has 3 N–H and O–H groups in total. The van der Waals surface area contributed by atoms with Crippen LogP contribution in [0.3, 0.4) is 0 Å². The topological polar surface area (TPSA) is 79.5 Å². The molecule has 1 heterocycles. The molecule has 1 aliphatic rings. The third-order valence-corrected chi connectivity index (χ3v) is 4.54. The smallest absolute Gasteiger partial charge is 0.337 e. The van der Waals surface area contributed by atoms with Gasteiger partial charge in [0.25, 0.3) is 0 Å². The Morgan fingerprint density at radius 3 is 2.48 bits per heavy atom. The summed E-state index contributed by atoms with van der Waals surface area (Å²) in [6, 6.07) is 5.54. The Morgan fingerprint density at radius 1 is 1.26 bits per heavy atom. The maximum Gasteiger partial charge on any atom is 0.337 e. The zero-order chi connectivity index (χ0) is 20.0. The third kappa shape index (κ3) is 5.29. The fourth-order valence-corrected chi connectivity index (χ4v) is 3.22. The molecular formula is C20H28FN3O3. The summed E-state index contributed by atoms with van der Waals surface area (Å²) in [5, 5.41) is 8.87. The summed E-state index contributed by atoms with van der Waals surface area (Å²) in [6.45, 7) is 8.30. The van der Waals surface area contributed by atoms with Gasteiger partial charge >= 0.3 is 12.0 Å². The molecule has 0 aromatic heterocycles. The number of halogens is 1. The number of carbonyl (C=O) groups excluding carboxylic acids is 2. The van der Waals surface area contributed by atoms with Crippen molar-refractivity contribution in [1.82, 2.24) is 16.0 Å². The molecule has 2 amide bonds. The van der Waals surface area contributed by atoms with Gasteiger partial charge in [0.1, 0.15) is 5.82 Å². The molecule has 27 heavy (non-hydrogen) atoms. The first-order valence-corrected chi connectivity index (χ1v) is 9.33. The van der Waals surface area contributed by atoms with Crippen molar-refractivity contribution in [2.45, 2.75) is 46.2 Å². The Morgan fingerprint density at radius 2 is 1.93 bits per heavy atom. The monoisotopic (exact) mass is 377 g/mol. The van der Waals surface area contributed by atoms with Crippen LogP contribution in [0, 0.1) is 11.7 Å². The lowest BCUT2D eigenvalue weighted by molar-refractivity contribution is -0.139.